The van der Waals surface area contributed by atoms with Crippen molar-refractivity contribution in [3.8, 4) is 0 Å². The minimum atomic E-state index is -1.86. The molecule has 4 nitrogen and oxygen atoms in total. The zero-order chi connectivity index (χ0) is 29.0. The van der Waals surface area contributed by atoms with Gasteiger partial charge in [0.1, 0.15) is 12.2 Å². The van der Waals surface area contributed by atoms with E-state index in [4.69, 9.17) is 18.8 Å². The third-order valence-electron chi connectivity index (χ3n) is 11.0. The summed E-state index contributed by atoms with van der Waals surface area (Å²) in [6.07, 6.45) is 12.8. The Balaban J connectivity index is 1.40. The molecule has 7 atom stereocenters. The average molecular weight is 582 g/mol. The van der Waals surface area contributed by atoms with Crippen LogP contribution in [0.25, 0.3) is 0 Å². The molecule has 1 aromatic rings. The Kier molecular flexibility index (Phi) is 8.17. The summed E-state index contributed by atoms with van der Waals surface area (Å²) in [7, 11) is -3.38. The van der Waals surface area contributed by atoms with Gasteiger partial charge >= 0.3 is 0 Å². The summed E-state index contributed by atoms with van der Waals surface area (Å²) in [6, 6.07) is 10.4. The van der Waals surface area contributed by atoms with Crippen molar-refractivity contribution < 1.29 is 13.7 Å². The Morgan fingerprint density at radius 1 is 0.900 bits per heavy atom. The molecule has 1 unspecified atom stereocenters. The van der Waals surface area contributed by atoms with Crippen molar-refractivity contribution in [3.05, 3.63) is 47.5 Å². The Morgan fingerprint density at radius 3 is 2.27 bits per heavy atom. The van der Waals surface area contributed by atoms with Crippen LogP contribution in [0.15, 0.2) is 47.1 Å². The summed E-state index contributed by atoms with van der Waals surface area (Å²) < 4.78 is 13.9. The van der Waals surface area contributed by atoms with Gasteiger partial charge in [-0.3, -0.25) is 0 Å². The number of oxime groups is 1. The van der Waals surface area contributed by atoms with Crippen LogP contribution in [-0.2, 0) is 20.3 Å². The predicted octanol–water partition coefficient (Wildman–Crippen LogP) is 9.35. The van der Waals surface area contributed by atoms with Crippen LogP contribution in [0.1, 0.15) is 77.7 Å². The van der Waals surface area contributed by atoms with E-state index in [9.17, 15) is 0 Å². The molecule has 0 amide bonds. The smallest absolute Gasteiger partial charge is 0.185 e. The summed E-state index contributed by atoms with van der Waals surface area (Å²) in [5, 5.41) is 4.81. The summed E-state index contributed by atoms with van der Waals surface area (Å²) in [6.45, 7) is 21.9. The molecule has 3 fully saturated rings. The van der Waals surface area contributed by atoms with Gasteiger partial charge in [-0.05, 0) is 126 Å². The minimum Gasteiger partial charge on any atom is -0.414 e. The number of benzene rings is 1. The molecule has 0 heterocycles. The van der Waals surface area contributed by atoms with Gasteiger partial charge in [-0.1, -0.05) is 61.0 Å². The maximum absolute atomic E-state index is 7.30. The molecule has 4 aliphatic rings. The Labute approximate surface area is 246 Å². The molecule has 3 saturated carbocycles. The Bertz CT molecular complexity index is 1120. The van der Waals surface area contributed by atoms with Gasteiger partial charge in [0, 0.05) is 11.5 Å². The number of rotatable bonds is 8. The summed E-state index contributed by atoms with van der Waals surface area (Å²) >= 11 is 0. The predicted molar refractivity (Wildman–Crippen MR) is 171 cm³/mol. The molecule has 4 aliphatic carbocycles. The van der Waals surface area contributed by atoms with Crippen LogP contribution in [-0.4, -0.2) is 34.1 Å². The average Bonchev–Trinajstić information content (AvgIpc) is 3.15. The van der Waals surface area contributed by atoms with Gasteiger partial charge in [0.15, 0.2) is 16.6 Å². The van der Waals surface area contributed by atoms with Crippen molar-refractivity contribution in [1.29, 1.82) is 0 Å². The molecule has 5 rings (SSSR count). The quantitative estimate of drug-likeness (QED) is 0.133. The van der Waals surface area contributed by atoms with Gasteiger partial charge < -0.3 is 13.7 Å². The molecule has 0 N–H and O–H groups in total. The van der Waals surface area contributed by atoms with Gasteiger partial charge in [0.25, 0.3) is 0 Å². The van der Waals surface area contributed by atoms with E-state index in [0.717, 1.165) is 36.0 Å². The van der Waals surface area contributed by atoms with Crippen LogP contribution in [0.2, 0.25) is 39.3 Å². The molecule has 0 aromatic heterocycles. The lowest BCUT2D eigenvalue weighted by Crippen LogP contribution is -2.60. The SMILES string of the molecule is C/C(=N\OCc1ccccc1)[C@@]1(O[Si](C)(C)C)CC[C@H]2[C@@H]3CC=C4CC(O[Si](C)(C)C)CC[C@]4(C)[C@H]3CC[C@@]21C. The van der Waals surface area contributed by atoms with Crippen molar-refractivity contribution >= 4 is 22.3 Å². The van der Waals surface area contributed by atoms with Crippen LogP contribution in [0.5, 0.6) is 0 Å². The van der Waals surface area contributed by atoms with E-state index >= 15 is 0 Å². The lowest BCUT2D eigenvalue weighted by molar-refractivity contribution is -0.0869. The first-order valence-corrected chi connectivity index (χ1v) is 22.8. The monoisotopic (exact) mass is 581 g/mol. The highest BCUT2D eigenvalue weighted by molar-refractivity contribution is 6.70. The topological polar surface area (TPSA) is 40.0 Å². The molecular weight excluding hydrogens is 527 g/mol. The van der Waals surface area contributed by atoms with E-state index < -0.39 is 16.6 Å². The minimum absolute atomic E-state index is 0.0813. The number of hydrogen-bond donors (Lipinski definition) is 0. The highest BCUT2D eigenvalue weighted by atomic mass is 28.4. The molecule has 0 bridgehead atoms. The van der Waals surface area contributed by atoms with E-state index in [1.807, 2.05) is 6.07 Å². The fourth-order valence-corrected chi connectivity index (χ4v) is 12.2. The van der Waals surface area contributed by atoms with Gasteiger partial charge in [0.05, 0.1) is 5.71 Å². The second-order valence-electron chi connectivity index (χ2n) is 15.8. The number of nitrogens with zero attached hydrogens (tertiary/aromatic N) is 1. The zero-order valence-electron chi connectivity index (χ0n) is 26.8. The van der Waals surface area contributed by atoms with Crippen molar-refractivity contribution in [2.24, 2.45) is 33.7 Å². The zero-order valence-corrected chi connectivity index (χ0v) is 28.8. The fraction of sp³-hybridized carbons (Fsp3) is 0.735. The summed E-state index contributed by atoms with van der Waals surface area (Å²) in [5.41, 5.74) is 3.99. The molecule has 0 aliphatic heterocycles. The normalized spacial score (nSPS) is 38.2. The molecule has 1 aromatic carbocycles. The standard InChI is InChI=1S/C34H55NO3Si2/c1-25(35-36-24-26-13-11-10-12-14-26)34(38-40(7,8)9)22-19-31-29-16-15-27-23-28(37-39(4,5)6)17-20-32(27,2)30(29)18-21-33(31,34)3/h10-15,28-31H,16-24H2,1-9H3/b35-25+/t28?,29-,30+,31+,32+,33+,34+/m1/s1. The van der Waals surface area contributed by atoms with Crippen LogP contribution >= 0.6 is 0 Å². The molecular formula is C34H55NO3Si2. The fourth-order valence-electron chi connectivity index (χ4n) is 9.44. The van der Waals surface area contributed by atoms with Crippen molar-refractivity contribution in [2.75, 3.05) is 0 Å². The van der Waals surface area contributed by atoms with E-state index in [0.29, 0.717) is 24.0 Å². The number of allylic oxidation sites excluding steroid dienone is 1. The Morgan fingerprint density at radius 2 is 1.60 bits per heavy atom. The second-order valence-corrected chi connectivity index (χ2v) is 24.7. The van der Waals surface area contributed by atoms with E-state index in [2.05, 4.69) is 90.4 Å². The van der Waals surface area contributed by atoms with Crippen molar-refractivity contribution in [1.82, 2.24) is 0 Å². The summed E-state index contributed by atoms with van der Waals surface area (Å²) in [5.74, 6) is 2.16. The maximum atomic E-state index is 7.30. The first-order chi connectivity index (χ1) is 18.7. The van der Waals surface area contributed by atoms with E-state index in [-0.39, 0.29) is 11.0 Å². The van der Waals surface area contributed by atoms with Gasteiger partial charge in [0.2, 0.25) is 0 Å². The van der Waals surface area contributed by atoms with Crippen LogP contribution in [0, 0.1) is 28.6 Å². The molecule has 222 valence electrons. The first-order valence-electron chi connectivity index (χ1n) is 16.0. The third-order valence-corrected chi connectivity index (χ3v) is 13.0. The van der Waals surface area contributed by atoms with Crippen molar-refractivity contribution in [3.63, 3.8) is 0 Å². The van der Waals surface area contributed by atoms with Crippen LogP contribution < -0.4 is 0 Å². The van der Waals surface area contributed by atoms with E-state index in [1.54, 1.807) is 5.57 Å². The highest BCUT2D eigenvalue weighted by Gasteiger charge is 2.66. The highest BCUT2D eigenvalue weighted by Crippen LogP contribution is 2.68. The van der Waals surface area contributed by atoms with Gasteiger partial charge in [-0.2, -0.15) is 0 Å². The van der Waals surface area contributed by atoms with Gasteiger partial charge in [-0.25, -0.2) is 0 Å². The summed E-state index contributed by atoms with van der Waals surface area (Å²) in [4.78, 5) is 6.00. The Hall–Kier alpha value is -1.22. The molecule has 40 heavy (non-hydrogen) atoms. The number of fused-ring (bicyclic) bond motifs is 5. The van der Waals surface area contributed by atoms with Crippen LogP contribution in [0.4, 0.5) is 0 Å². The lowest BCUT2D eigenvalue weighted by Gasteiger charge is -2.60. The van der Waals surface area contributed by atoms with Crippen LogP contribution in [0.3, 0.4) is 0 Å². The maximum Gasteiger partial charge on any atom is 0.185 e. The molecule has 0 radical (unpaired) electrons. The third kappa shape index (κ3) is 5.59. The lowest BCUT2D eigenvalue weighted by atomic mass is 9.46. The van der Waals surface area contributed by atoms with Crippen molar-refractivity contribution in [2.45, 2.75) is 130 Å². The van der Waals surface area contributed by atoms with Gasteiger partial charge in [-0.15, -0.1) is 0 Å². The number of hydrogen-bond acceptors (Lipinski definition) is 4. The first kappa shape index (κ1) is 30.2. The molecule has 6 heteroatoms. The molecule has 0 spiro atoms. The molecule has 0 saturated heterocycles. The van der Waals surface area contributed by atoms with E-state index in [1.165, 1.54) is 38.5 Å². The largest absolute Gasteiger partial charge is 0.414 e. The second kappa shape index (κ2) is 10.8.